The summed E-state index contributed by atoms with van der Waals surface area (Å²) in [7, 11) is 9.92. The van der Waals surface area contributed by atoms with Crippen LogP contribution in [0.25, 0.3) is 64.6 Å². The largest absolute Gasteiger partial charge is 0.619 e. The number of carbonyl (C=O) groups is 5. The third-order valence-electron chi connectivity index (χ3n) is 18.4. The second-order valence-electron chi connectivity index (χ2n) is 27.1. The SMILES string of the molecule is C.C.C.C.C.C.C.C.COc1cc2c(Cl)nccc2cc1I.COc1cc2c(OCC3CCC(=O)N3)nccc2cc1I.COc1cc2c(OCC3CCC(=O)N3)nccc2cc1O.COc1cc2c(OCC3CCC(=O)N3)nccc2cc1OC(N)=O.COc1cc2c[n+]([O-])ccc2cc1I.COc1cc2cnccc2cc1I.II.O=C1CCC(CO)C1.O=C=NS(=O)(=O)Cl.O=P(Cl)(Cl)Cl. The molecule has 9 heterocycles. The number of methoxy groups -OCH3 is 6. The fourth-order valence-electron chi connectivity index (χ4n) is 12.4. The number of halogens is 11. The van der Waals surface area contributed by atoms with Crippen molar-refractivity contribution in [3.8, 4) is 63.6 Å². The molecule has 1 saturated carbocycles. The maximum Gasteiger partial charge on any atom is 0.410 e. The molecule has 4 aliphatic rings. The Kier molecular flexibility index (Phi) is 63.4. The minimum absolute atomic E-state index is 0. The molecule has 6 aromatic carbocycles. The number of benzene rings is 6. The molecule has 4 unspecified atom stereocenters. The Morgan fingerprint density at radius 2 is 0.869 bits per heavy atom. The number of nitrogens with zero attached hydrogens (tertiary/aromatic N) is 7. The number of hydrogen-bond donors (Lipinski definition) is 6. The van der Waals surface area contributed by atoms with E-state index in [4.69, 9.17) is 74.6 Å². The normalized spacial score (nSPS) is 14.2. The topological polar surface area (TPSA) is 452 Å². The van der Waals surface area contributed by atoms with E-state index in [1.165, 1.54) is 32.0 Å². The van der Waals surface area contributed by atoms with Gasteiger partial charge in [0.25, 0.3) is 6.08 Å². The van der Waals surface area contributed by atoms with Crippen molar-refractivity contribution in [2.75, 3.05) is 69.1 Å². The molecule has 137 heavy (non-hydrogen) atoms. The van der Waals surface area contributed by atoms with Crippen molar-refractivity contribution < 1.29 is 104 Å². The number of fused-ring (bicyclic) bond motifs is 6. The number of aromatic nitrogens is 6. The number of nitrogens with one attached hydrogen (secondary N) is 3. The molecule has 0 spiro atoms. The first kappa shape index (κ1) is 131. The average molecular weight is 2710 g/mol. The second kappa shape index (κ2) is 66.1. The average Bonchev–Trinajstić information content (AvgIpc) is 1.54. The molecule has 0 radical (unpaired) electrons. The van der Waals surface area contributed by atoms with E-state index in [2.05, 4.69) is 223 Å². The predicted molar refractivity (Wildman–Crippen MR) is 598 cm³/mol. The number of phenolic OH excluding ortho intramolecular Hbond substituents is 1. The summed E-state index contributed by atoms with van der Waals surface area (Å²) in [5.41, 5.74) is 5.06. The maximum atomic E-state index is 11.2. The number of isocyanates is 1. The van der Waals surface area contributed by atoms with Crippen LogP contribution in [0, 0.1) is 25.4 Å². The zero-order chi connectivity index (χ0) is 94.7. The van der Waals surface area contributed by atoms with E-state index in [9.17, 15) is 47.3 Å². The number of ketones is 1. The number of hydrogen-bond acceptors (Lipinski definition) is 27. The highest BCUT2D eigenvalue weighted by Crippen LogP contribution is 2.61. The minimum atomic E-state index is -4.00. The Morgan fingerprint density at radius 3 is 1.23 bits per heavy atom. The van der Waals surface area contributed by atoms with Gasteiger partial charge in [-0.05, 0) is 291 Å². The summed E-state index contributed by atoms with van der Waals surface area (Å²) in [6.45, 7) is 1.33. The summed E-state index contributed by atoms with van der Waals surface area (Å²) < 4.78 is 89.4. The molecule has 46 heteroatoms. The molecule has 4 amide bonds. The van der Waals surface area contributed by atoms with Crippen LogP contribution in [-0.4, -0.2) is 166 Å². The van der Waals surface area contributed by atoms with Crippen LogP contribution >= 0.6 is 189 Å². The fourth-order valence-corrected chi connectivity index (χ4v) is 15.6. The van der Waals surface area contributed by atoms with Gasteiger partial charge >= 0.3 is 20.5 Å². The van der Waals surface area contributed by atoms with Crippen molar-refractivity contribution in [1.29, 1.82) is 0 Å². The third kappa shape index (κ3) is 43.3. The van der Waals surface area contributed by atoms with Crippen LogP contribution in [0.2, 0.25) is 5.15 Å². The molecule has 7 N–H and O–H groups in total. The van der Waals surface area contributed by atoms with Crippen LogP contribution in [0.1, 0.15) is 117 Å². The Labute approximate surface area is 900 Å². The zero-order valence-corrected chi connectivity index (χ0v) is 87.2. The number of primary amides is 1. The number of rotatable bonds is 18. The standard InChI is InChI=1S/C16H17N3O5.C15H15IN2O3.C15H16N2O4.C10H7ClINO.C10H8INO2.C10H8INO.C6H10O2.CClNO3S.8CH4.Cl3OP.I2/c1-22-12-7-11-9(6-13(12)24-16(17)21)4-5-18-15(11)23-8-10-2-3-14(20)19-10;1-20-13-7-11-9(6-12(13)16)4-5-17-15(11)21-8-10-2-3-14(19)18-10;1-20-13-7-11-9(6-12(13)18)4-5-16-15(11)21-8-10-2-3-14(19)17-10;1-14-9-5-7-6(4-8(9)12)2-3-13-10(7)11;1-14-10-5-8-6-12(13)3-2-7(8)4-9(10)11;1-13-10-5-8-6-12-3-2-7(8)4-9(10)11;7-4-5-1-2-6(8)3-5;2-7(5,6)3-1-4;;;;;;;;;1-5(2,3)4;1-2/h4-7,10H,2-3,8H2,1H3,(H2,17,21)(H,19,20);4-7,10H,2-3,8H2,1H3,(H,18,19);4-7,10,18H,2-3,8H2,1H3,(H,17,19);2-5H,1H3;2-6H,1H3;2-6H,1H3;5,7H,1-4H2;;8*1H4;;. The van der Waals surface area contributed by atoms with Crippen LogP contribution in [0.5, 0.6) is 63.6 Å². The van der Waals surface area contributed by atoms with Gasteiger partial charge < -0.3 is 84.5 Å². The molecule has 1 aliphatic carbocycles. The molecule has 4 atom stereocenters. The minimum Gasteiger partial charge on any atom is -0.619 e. The molecule has 16 rings (SSSR count). The number of aromatic hydroxyl groups is 1. The summed E-state index contributed by atoms with van der Waals surface area (Å²) >= 11 is 33.0. The first-order chi connectivity index (χ1) is 61.5. The van der Waals surface area contributed by atoms with Crippen molar-refractivity contribution in [1.82, 2.24) is 40.9 Å². The van der Waals surface area contributed by atoms with E-state index < -0.39 is 20.5 Å². The highest BCUT2D eigenvalue weighted by atomic mass is 128. The summed E-state index contributed by atoms with van der Waals surface area (Å²) in [6.07, 6.45) is 19.3. The first-order valence-electron chi connectivity index (χ1n) is 37.7. The van der Waals surface area contributed by atoms with Gasteiger partial charge in [-0.1, -0.05) is 75.4 Å². The van der Waals surface area contributed by atoms with Crippen molar-refractivity contribution in [2.24, 2.45) is 16.0 Å². The second-order valence-corrected chi connectivity index (χ2v) is 40.9. The van der Waals surface area contributed by atoms with Crippen molar-refractivity contribution in [2.45, 2.75) is 135 Å². The van der Waals surface area contributed by atoms with Crippen LogP contribution < -0.4 is 73.8 Å². The van der Waals surface area contributed by atoms with E-state index in [1.54, 1.807) is 102 Å². The number of phenols is 1. The predicted octanol–water partition coefficient (Wildman–Crippen LogP) is 23.7. The Hall–Kier alpha value is -7.72. The van der Waals surface area contributed by atoms with Gasteiger partial charge in [-0.2, -0.15) is 13.1 Å². The molecule has 0 bridgehead atoms. The number of aliphatic hydroxyl groups is 1. The number of amides is 4. The van der Waals surface area contributed by atoms with Gasteiger partial charge in [-0.3, -0.25) is 28.7 Å². The molecule has 752 valence electrons. The van der Waals surface area contributed by atoms with Crippen molar-refractivity contribution >= 4 is 298 Å². The summed E-state index contributed by atoms with van der Waals surface area (Å²) in [5, 5.41) is 46.5. The highest BCUT2D eigenvalue weighted by molar-refractivity contribution is 15.0. The van der Waals surface area contributed by atoms with Crippen molar-refractivity contribution in [3.63, 3.8) is 0 Å². The summed E-state index contributed by atoms with van der Waals surface area (Å²) in [4.78, 5) is 85.0. The molecule has 4 fully saturated rings. The molecule has 33 nitrogen and oxygen atoms in total. The van der Waals surface area contributed by atoms with Gasteiger partial charge in [-0.25, -0.2) is 29.5 Å². The van der Waals surface area contributed by atoms with Gasteiger partial charge in [0.1, 0.15) is 53.8 Å². The number of aliphatic hydroxyl groups excluding tert-OH is 1. The van der Waals surface area contributed by atoms with E-state index in [0.717, 1.165) is 128 Å². The van der Waals surface area contributed by atoms with Gasteiger partial charge in [0.2, 0.25) is 35.4 Å². The Balaban J connectivity index is 0. The van der Waals surface area contributed by atoms with Gasteiger partial charge in [-0.15, -0.1) is 0 Å². The van der Waals surface area contributed by atoms with Crippen LogP contribution in [0.15, 0.2) is 163 Å². The first-order valence-corrected chi connectivity index (χ1v) is 55.4. The van der Waals surface area contributed by atoms with Gasteiger partial charge in [0.05, 0.1) is 80.5 Å². The lowest BCUT2D eigenvalue weighted by Crippen LogP contribution is -2.31. The smallest absolute Gasteiger partial charge is 0.410 e. The van der Waals surface area contributed by atoms with Gasteiger partial charge in [0.15, 0.2) is 35.4 Å². The Bertz CT molecular complexity index is 6030. The molecule has 3 aliphatic heterocycles. The fraction of sp³-hybridized carbons (Fsp3) is 0.341. The summed E-state index contributed by atoms with van der Waals surface area (Å²) in [5.74, 6) is 6.55. The number of pyridine rings is 6. The van der Waals surface area contributed by atoms with Crippen molar-refractivity contribution in [3.05, 3.63) is 183 Å². The lowest BCUT2D eigenvalue weighted by molar-refractivity contribution is -0.603. The molecular weight excluding hydrogens is 2600 g/mol. The van der Waals surface area contributed by atoms with E-state index >= 15 is 0 Å². The quantitative estimate of drug-likeness (QED) is 0.00679. The van der Waals surface area contributed by atoms with Crippen LogP contribution in [0.3, 0.4) is 0 Å². The van der Waals surface area contributed by atoms with E-state index in [-0.39, 0.29) is 119 Å². The molecule has 3 saturated heterocycles. The Morgan fingerprint density at radius 1 is 0.518 bits per heavy atom. The number of ether oxygens (including phenoxy) is 10. The summed E-state index contributed by atoms with van der Waals surface area (Å²) in [6, 6.07) is 33.8. The lowest BCUT2D eigenvalue weighted by atomic mass is 10.1. The number of nitrogens with two attached hydrogens (primary N) is 1. The number of Topliss-reactive ketones (excluding diaryl/α,β-unsaturated/α-hetero) is 1. The molecule has 12 aromatic rings. The number of carbonyl (C=O) groups excluding carboxylic acids is 6. The van der Waals surface area contributed by atoms with Gasteiger partial charge in [0, 0.05) is 157 Å². The molecule has 6 aromatic heterocycles. The maximum absolute atomic E-state index is 11.2. The highest BCUT2D eigenvalue weighted by Gasteiger charge is 2.26. The van der Waals surface area contributed by atoms with Crippen LogP contribution in [-0.2, 0) is 37.8 Å². The third-order valence-corrected chi connectivity index (χ3v) is 22.6. The zero-order valence-electron chi connectivity index (χ0n) is 68.8. The monoisotopic (exact) mass is 2710 g/mol. The lowest BCUT2D eigenvalue weighted by Gasteiger charge is -2.14. The molecular formula is C91H113Cl5I6N11O22PS. The van der Waals surface area contributed by atoms with E-state index in [1.807, 2.05) is 66.9 Å². The van der Waals surface area contributed by atoms with E-state index in [0.29, 0.717) is 97.4 Å². The van der Waals surface area contributed by atoms with Crippen LogP contribution in [0.4, 0.5) is 4.79 Å².